The Balaban J connectivity index is 1.44. The van der Waals surface area contributed by atoms with Crippen LogP contribution in [0.3, 0.4) is 0 Å². The Morgan fingerprint density at radius 2 is 2.00 bits per heavy atom. The maximum absolute atomic E-state index is 6.08. The third-order valence-electron chi connectivity index (χ3n) is 5.69. The van der Waals surface area contributed by atoms with Crippen molar-refractivity contribution in [3.8, 4) is 0 Å². The maximum Gasteiger partial charge on any atom is 0.224 e. The molecule has 150 valence electrons. The Kier molecular flexibility index (Phi) is 5.81. The summed E-state index contributed by atoms with van der Waals surface area (Å²) < 4.78 is 5.88. The summed E-state index contributed by atoms with van der Waals surface area (Å²) in [6, 6.07) is 10.8. The molecule has 2 aliphatic rings. The van der Waals surface area contributed by atoms with E-state index < -0.39 is 0 Å². The van der Waals surface area contributed by atoms with Crippen LogP contribution in [0.2, 0.25) is 0 Å². The van der Waals surface area contributed by atoms with Gasteiger partial charge >= 0.3 is 0 Å². The third kappa shape index (κ3) is 4.14. The highest BCUT2D eigenvalue weighted by molar-refractivity contribution is 5.81. The number of fused-ring (bicyclic) bond motifs is 1. The van der Waals surface area contributed by atoms with Gasteiger partial charge in [-0.25, -0.2) is 0 Å². The van der Waals surface area contributed by atoms with Crippen LogP contribution in [0.5, 0.6) is 0 Å². The summed E-state index contributed by atoms with van der Waals surface area (Å²) in [5.74, 6) is 2.14. The summed E-state index contributed by atoms with van der Waals surface area (Å²) in [6.07, 6.45) is 5.00. The lowest BCUT2D eigenvalue weighted by Gasteiger charge is -2.35. The van der Waals surface area contributed by atoms with Crippen LogP contribution in [-0.2, 0) is 11.3 Å². The molecule has 0 bridgehead atoms. The zero-order valence-electron chi connectivity index (χ0n) is 16.6. The van der Waals surface area contributed by atoms with Gasteiger partial charge in [-0.1, -0.05) is 43.2 Å². The van der Waals surface area contributed by atoms with E-state index in [2.05, 4.69) is 44.3 Å². The normalized spacial score (nSPS) is 16.7. The fourth-order valence-electron chi connectivity index (χ4n) is 4.14. The van der Waals surface area contributed by atoms with E-state index in [0.717, 1.165) is 37.0 Å². The number of hydrogen-bond donors (Lipinski definition) is 2. The van der Waals surface area contributed by atoms with E-state index in [1.165, 1.54) is 31.2 Å². The second-order valence-electron chi connectivity index (χ2n) is 7.61. The van der Waals surface area contributed by atoms with Crippen LogP contribution in [0.15, 0.2) is 30.3 Å². The van der Waals surface area contributed by atoms with Gasteiger partial charge in [0.15, 0.2) is 11.6 Å². The summed E-state index contributed by atoms with van der Waals surface area (Å²) >= 11 is 0. The number of rotatable bonds is 7. The van der Waals surface area contributed by atoms with E-state index in [9.17, 15) is 0 Å². The van der Waals surface area contributed by atoms with E-state index >= 15 is 0 Å². The highest BCUT2D eigenvalue weighted by Gasteiger charge is 2.28. The molecular formula is C21H30N6O. The van der Waals surface area contributed by atoms with Gasteiger partial charge in [0, 0.05) is 32.7 Å². The van der Waals surface area contributed by atoms with Gasteiger partial charge in [-0.05, 0) is 18.4 Å². The highest BCUT2D eigenvalue weighted by atomic mass is 16.5. The summed E-state index contributed by atoms with van der Waals surface area (Å²) in [5, 5.41) is 3.50. The second kappa shape index (κ2) is 8.65. The molecule has 2 aromatic rings. The minimum Gasteiger partial charge on any atom is -0.377 e. The molecule has 2 heterocycles. The summed E-state index contributed by atoms with van der Waals surface area (Å²) in [4.78, 5) is 13.7. The van der Waals surface area contributed by atoms with E-state index in [4.69, 9.17) is 10.5 Å². The number of benzene rings is 1. The Hall–Kier alpha value is -2.54. The largest absolute Gasteiger partial charge is 0.377 e. The first kappa shape index (κ1) is 18.8. The Bertz CT molecular complexity index is 778. The molecule has 1 aromatic carbocycles. The van der Waals surface area contributed by atoms with Crippen molar-refractivity contribution in [2.75, 3.05) is 54.1 Å². The molecule has 7 heteroatoms. The highest BCUT2D eigenvalue weighted by Crippen LogP contribution is 2.37. The molecule has 1 fully saturated rings. The maximum atomic E-state index is 6.08. The topological polar surface area (TPSA) is 79.5 Å². The van der Waals surface area contributed by atoms with Crippen molar-refractivity contribution >= 4 is 23.3 Å². The molecule has 0 radical (unpaired) electrons. The zero-order chi connectivity index (χ0) is 19.3. The first-order valence-electron chi connectivity index (χ1n) is 10.2. The molecule has 3 N–H and O–H groups in total. The lowest BCUT2D eigenvalue weighted by atomic mass is 10.2. The van der Waals surface area contributed by atoms with Gasteiger partial charge in [0.2, 0.25) is 5.95 Å². The molecule has 4 rings (SSSR count). The van der Waals surface area contributed by atoms with E-state index in [0.29, 0.717) is 25.2 Å². The van der Waals surface area contributed by atoms with Gasteiger partial charge < -0.3 is 25.6 Å². The number of anilines is 4. The van der Waals surface area contributed by atoms with Gasteiger partial charge in [0.1, 0.15) is 5.69 Å². The van der Waals surface area contributed by atoms with Crippen LogP contribution in [0.1, 0.15) is 31.2 Å². The number of nitrogens with one attached hydrogen (secondary N) is 1. The molecule has 0 spiro atoms. The van der Waals surface area contributed by atoms with Crippen molar-refractivity contribution in [2.24, 2.45) is 0 Å². The van der Waals surface area contributed by atoms with Gasteiger partial charge in [0.25, 0.3) is 0 Å². The molecule has 1 aliphatic heterocycles. The van der Waals surface area contributed by atoms with Crippen LogP contribution < -0.4 is 20.9 Å². The van der Waals surface area contributed by atoms with Crippen LogP contribution in [-0.4, -0.2) is 49.3 Å². The fourth-order valence-corrected chi connectivity index (χ4v) is 4.14. The van der Waals surface area contributed by atoms with E-state index in [1.54, 1.807) is 0 Å². The Morgan fingerprint density at radius 3 is 2.79 bits per heavy atom. The van der Waals surface area contributed by atoms with Gasteiger partial charge in [0.05, 0.1) is 13.2 Å². The Labute approximate surface area is 166 Å². The molecular weight excluding hydrogens is 352 g/mol. The van der Waals surface area contributed by atoms with Crippen molar-refractivity contribution in [3.63, 3.8) is 0 Å². The molecule has 1 saturated carbocycles. The summed E-state index contributed by atoms with van der Waals surface area (Å²) in [7, 11) is 2.13. The quantitative estimate of drug-likeness (QED) is 0.713. The van der Waals surface area contributed by atoms with Crippen molar-refractivity contribution in [1.29, 1.82) is 0 Å². The van der Waals surface area contributed by atoms with Crippen molar-refractivity contribution < 1.29 is 4.74 Å². The molecule has 1 aliphatic carbocycles. The van der Waals surface area contributed by atoms with Crippen molar-refractivity contribution in [2.45, 2.75) is 38.3 Å². The number of nitrogens with two attached hydrogens (primary N) is 1. The SMILES string of the molecule is CN(c1nc(N)nc2c1NCCN2CCOCc1ccccc1)C1CCCC1. The molecule has 0 saturated heterocycles. The molecule has 0 amide bonds. The fraction of sp³-hybridized carbons (Fsp3) is 0.524. The van der Waals surface area contributed by atoms with E-state index in [-0.39, 0.29) is 0 Å². The van der Waals surface area contributed by atoms with E-state index in [1.807, 2.05) is 18.2 Å². The predicted molar refractivity (Wildman–Crippen MR) is 114 cm³/mol. The van der Waals surface area contributed by atoms with Crippen LogP contribution in [0, 0.1) is 0 Å². The lowest BCUT2D eigenvalue weighted by Crippen LogP contribution is -2.39. The number of aromatic nitrogens is 2. The van der Waals surface area contributed by atoms with Gasteiger partial charge in [-0.2, -0.15) is 9.97 Å². The smallest absolute Gasteiger partial charge is 0.224 e. The number of nitrogen functional groups attached to an aromatic ring is 1. The van der Waals surface area contributed by atoms with Crippen LogP contribution >= 0.6 is 0 Å². The molecule has 0 unspecified atom stereocenters. The molecule has 7 nitrogen and oxygen atoms in total. The first-order chi connectivity index (χ1) is 13.7. The Morgan fingerprint density at radius 1 is 1.21 bits per heavy atom. The van der Waals surface area contributed by atoms with Crippen LogP contribution in [0.4, 0.5) is 23.3 Å². The minimum atomic E-state index is 0.331. The molecule has 0 atom stereocenters. The standard InChI is InChI=1S/C21H30N6O/c1-26(17-9-5-6-10-17)19-18-20(25-21(22)24-19)27(12-11-23-18)13-14-28-15-16-7-3-2-4-8-16/h2-4,7-8,17,23H,5-6,9-15H2,1H3,(H2,22,24,25). The third-order valence-corrected chi connectivity index (χ3v) is 5.69. The molecule has 28 heavy (non-hydrogen) atoms. The zero-order valence-corrected chi connectivity index (χ0v) is 16.6. The lowest BCUT2D eigenvalue weighted by molar-refractivity contribution is 0.126. The number of hydrogen-bond acceptors (Lipinski definition) is 7. The molecule has 1 aromatic heterocycles. The van der Waals surface area contributed by atoms with Crippen molar-refractivity contribution in [3.05, 3.63) is 35.9 Å². The first-order valence-corrected chi connectivity index (χ1v) is 10.2. The average Bonchev–Trinajstić information content (AvgIpc) is 3.26. The number of nitrogens with zero attached hydrogens (tertiary/aromatic N) is 4. The monoisotopic (exact) mass is 382 g/mol. The summed E-state index contributed by atoms with van der Waals surface area (Å²) in [5.41, 5.74) is 8.27. The minimum absolute atomic E-state index is 0.331. The van der Waals surface area contributed by atoms with Gasteiger partial charge in [-0.15, -0.1) is 0 Å². The number of ether oxygens (including phenoxy) is 1. The van der Waals surface area contributed by atoms with Crippen LogP contribution in [0.25, 0.3) is 0 Å². The van der Waals surface area contributed by atoms with Crippen molar-refractivity contribution in [1.82, 2.24) is 9.97 Å². The average molecular weight is 383 g/mol. The van der Waals surface area contributed by atoms with Gasteiger partial charge in [-0.3, -0.25) is 0 Å². The predicted octanol–water partition coefficient (Wildman–Crippen LogP) is 2.89. The second-order valence-corrected chi connectivity index (χ2v) is 7.61. The summed E-state index contributed by atoms with van der Waals surface area (Å²) in [6.45, 7) is 3.80.